The maximum absolute atomic E-state index is 11.0. The maximum Gasteiger partial charge on any atom is 0.319 e. The zero-order valence-electron chi connectivity index (χ0n) is 14.1. The molecular weight excluding hydrogens is 310 g/mol. The molecule has 0 amide bonds. The molecule has 1 aromatic rings. The predicted molar refractivity (Wildman–Crippen MR) is 89.2 cm³/mol. The highest BCUT2D eigenvalue weighted by atomic mass is 16.5. The van der Waals surface area contributed by atoms with Gasteiger partial charge < -0.3 is 14.6 Å². The standard InChI is InChI=1S/C17H25N3O4/c1-3-4-5-14(24-17-18-9-6-15(19-17)23-2)12-20-10-7-13(8-11-20)16(21)22/h3,6,9,13-14H,1,4-5,7-8,10-12H2,2H3,(H,21,22). The summed E-state index contributed by atoms with van der Waals surface area (Å²) in [4.78, 5) is 21.6. The molecule has 1 fully saturated rings. The van der Waals surface area contributed by atoms with Gasteiger partial charge in [-0.2, -0.15) is 4.98 Å². The fraction of sp³-hybridized carbons (Fsp3) is 0.588. The Morgan fingerprint density at radius 1 is 1.54 bits per heavy atom. The van der Waals surface area contributed by atoms with Crippen molar-refractivity contribution >= 4 is 5.97 Å². The molecular formula is C17H25N3O4. The second kappa shape index (κ2) is 9.22. The maximum atomic E-state index is 11.0. The molecule has 2 rings (SSSR count). The van der Waals surface area contributed by atoms with Crippen molar-refractivity contribution in [3.63, 3.8) is 0 Å². The molecule has 0 bridgehead atoms. The lowest BCUT2D eigenvalue weighted by molar-refractivity contribution is -0.143. The first kappa shape index (κ1) is 18.2. The van der Waals surface area contributed by atoms with Crippen LogP contribution in [0.4, 0.5) is 0 Å². The molecule has 0 aromatic carbocycles. The number of carbonyl (C=O) groups is 1. The smallest absolute Gasteiger partial charge is 0.319 e. The van der Waals surface area contributed by atoms with Crippen LogP contribution in [0, 0.1) is 5.92 Å². The molecule has 0 spiro atoms. The van der Waals surface area contributed by atoms with Crippen molar-refractivity contribution < 1.29 is 19.4 Å². The van der Waals surface area contributed by atoms with Crippen LogP contribution in [0.1, 0.15) is 25.7 Å². The molecule has 0 aliphatic carbocycles. The first-order valence-electron chi connectivity index (χ1n) is 8.22. The van der Waals surface area contributed by atoms with E-state index in [1.54, 1.807) is 19.4 Å². The van der Waals surface area contributed by atoms with Crippen LogP contribution in [0.3, 0.4) is 0 Å². The number of aromatic nitrogens is 2. The highest BCUT2D eigenvalue weighted by Crippen LogP contribution is 2.19. The first-order valence-corrected chi connectivity index (χ1v) is 8.22. The lowest BCUT2D eigenvalue weighted by Gasteiger charge is -2.32. The molecule has 2 heterocycles. The van der Waals surface area contributed by atoms with Crippen LogP contribution >= 0.6 is 0 Å². The average molecular weight is 335 g/mol. The summed E-state index contributed by atoms with van der Waals surface area (Å²) in [6.07, 6.45) is 6.39. The van der Waals surface area contributed by atoms with E-state index in [1.165, 1.54) is 0 Å². The Kier molecular flexibility index (Phi) is 6.99. The molecule has 0 saturated carbocycles. The van der Waals surface area contributed by atoms with E-state index in [1.807, 2.05) is 6.08 Å². The number of hydrogen-bond acceptors (Lipinski definition) is 6. The summed E-state index contributed by atoms with van der Waals surface area (Å²) in [5, 5.41) is 9.08. The molecule has 1 N–H and O–H groups in total. The van der Waals surface area contributed by atoms with Crippen LogP contribution in [0.2, 0.25) is 0 Å². The van der Waals surface area contributed by atoms with E-state index in [2.05, 4.69) is 21.4 Å². The van der Waals surface area contributed by atoms with E-state index in [9.17, 15) is 4.79 Å². The molecule has 1 saturated heterocycles. The Balaban J connectivity index is 1.92. The monoisotopic (exact) mass is 335 g/mol. The van der Waals surface area contributed by atoms with Crippen molar-refractivity contribution in [1.82, 2.24) is 14.9 Å². The average Bonchev–Trinajstić information content (AvgIpc) is 2.60. The van der Waals surface area contributed by atoms with Crippen LogP contribution < -0.4 is 9.47 Å². The summed E-state index contributed by atoms with van der Waals surface area (Å²) < 4.78 is 11.0. The Hall–Kier alpha value is -2.15. The SMILES string of the molecule is C=CCCC(CN1CCC(C(=O)O)CC1)Oc1nccc(OC)n1. The van der Waals surface area contributed by atoms with Gasteiger partial charge in [-0.1, -0.05) is 6.08 Å². The normalized spacial score (nSPS) is 17.2. The summed E-state index contributed by atoms with van der Waals surface area (Å²) in [5.41, 5.74) is 0. The van der Waals surface area contributed by atoms with Crippen LogP contribution in [0.15, 0.2) is 24.9 Å². The minimum atomic E-state index is -0.695. The van der Waals surface area contributed by atoms with E-state index in [4.69, 9.17) is 14.6 Å². The lowest BCUT2D eigenvalue weighted by Crippen LogP contribution is -2.42. The molecule has 1 atom stereocenters. The molecule has 132 valence electrons. The third-order valence-corrected chi connectivity index (χ3v) is 4.18. The summed E-state index contributed by atoms with van der Waals surface area (Å²) in [6, 6.07) is 1.96. The van der Waals surface area contributed by atoms with Gasteiger partial charge in [0.15, 0.2) is 0 Å². The first-order chi connectivity index (χ1) is 11.6. The number of allylic oxidation sites excluding steroid dienone is 1. The van der Waals surface area contributed by atoms with E-state index in [-0.39, 0.29) is 12.0 Å². The van der Waals surface area contributed by atoms with Gasteiger partial charge in [-0.15, -0.1) is 6.58 Å². The molecule has 0 radical (unpaired) electrons. The summed E-state index contributed by atoms with van der Waals surface area (Å²) >= 11 is 0. The second-order valence-corrected chi connectivity index (χ2v) is 5.90. The zero-order chi connectivity index (χ0) is 17.4. The largest absolute Gasteiger partial charge is 0.481 e. The zero-order valence-corrected chi connectivity index (χ0v) is 14.1. The second-order valence-electron chi connectivity index (χ2n) is 5.90. The molecule has 1 aromatic heterocycles. The van der Waals surface area contributed by atoms with Crippen LogP contribution in [0.5, 0.6) is 11.9 Å². The Morgan fingerprint density at radius 2 is 2.29 bits per heavy atom. The van der Waals surface area contributed by atoms with Crippen molar-refractivity contribution in [2.75, 3.05) is 26.7 Å². The van der Waals surface area contributed by atoms with Crippen LogP contribution in [-0.2, 0) is 4.79 Å². The summed E-state index contributed by atoms with van der Waals surface area (Å²) in [5.74, 6) is -0.459. The molecule has 1 aliphatic heterocycles. The van der Waals surface area contributed by atoms with Crippen molar-refractivity contribution in [3.05, 3.63) is 24.9 Å². The van der Waals surface area contributed by atoms with Gasteiger partial charge in [0.05, 0.1) is 13.0 Å². The fourth-order valence-corrected chi connectivity index (χ4v) is 2.79. The number of nitrogens with zero attached hydrogens (tertiary/aromatic N) is 3. The quantitative estimate of drug-likeness (QED) is 0.691. The van der Waals surface area contributed by atoms with Gasteiger partial charge in [0.25, 0.3) is 0 Å². The number of piperidine rings is 1. The van der Waals surface area contributed by atoms with Gasteiger partial charge in [0.1, 0.15) is 6.10 Å². The number of rotatable bonds is 9. The van der Waals surface area contributed by atoms with E-state index >= 15 is 0 Å². The van der Waals surface area contributed by atoms with E-state index < -0.39 is 5.97 Å². The molecule has 1 aliphatic rings. The van der Waals surface area contributed by atoms with E-state index in [0.717, 1.165) is 32.5 Å². The Bertz CT molecular complexity index is 544. The van der Waals surface area contributed by atoms with Gasteiger partial charge in [0.2, 0.25) is 5.88 Å². The molecule has 1 unspecified atom stereocenters. The van der Waals surface area contributed by atoms with Crippen molar-refractivity contribution in [2.24, 2.45) is 5.92 Å². The lowest BCUT2D eigenvalue weighted by atomic mass is 9.97. The number of hydrogen-bond donors (Lipinski definition) is 1. The number of methoxy groups -OCH3 is 1. The third kappa shape index (κ3) is 5.49. The van der Waals surface area contributed by atoms with Gasteiger partial charge >= 0.3 is 12.0 Å². The number of carboxylic acid groups (broad SMARTS) is 1. The highest BCUT2D eigenvalue weighted by molar-refractivity contribution is 5.70. The van der Waals surface area contributed by atoms with Crippen molar-refractivity contribution in [1.29, 1.82) is 0 Å². The fourth-order valence-electron chi connectivity index (χ4n) is 2.79. The van der Waals surface area contributed by atoms with Crippen LogP contribution in [0.25, 0.3) is 0 Å². The van der Waals surface area contributed by atoms with Crippen LogP contribution in [-0.4, -0.2) is 58.8 Å². The Morgan fingerprint density at radius 3 is 2.92 bits per heavy atom. The van der Waals surface area contributed by atoms with Gasteiger partial charge in [-0.25, -0.2) is 4.98 Å². The topological polar surface area (TPSA) is 84.8 Å². The minimum Gasteiger partial charge on any atom is -0.481 e. The van der Waals surface area contributed by atoms with E-state index in [0.29, 0.717) is 24.7 Å². The minimum absolute atomic E-state index is 0.0727. The summed E-state index contributed by atoms with van der Waals surface area (Å²) in [6.45, 7) is 6.02. The molecule has 7 nitrogen and oxygen atoms in total. The molecule has 7 heteroatoms. The van der Waals surface area contributed by atoms with Gasteiger partial charge in [0, 0.05) is 18.8 Å². The van der Waals surface area contributed by atoms with Gasteiger partial charge in [-0.05, 0) is 38.8 Å². The van der Waals surface area contributed by atoms with Gasteiger partial charge in [-0.3, -0.25) is 9.69 Å². The number of carboxylic acids is 1. The predicted octanol–water partition coefficient (Wildman–Crippen LogP) is 2.00. The number of aliphatic carboxylic acids is 1. The Labute approximate surface area is 142 Å². The number of ether oxygens (including phenoxy) is 2. The number of likely N-dealkylation sites (tertiary alicyclic amines) is 1. The highest BCUT2D eigenvalue weighted by Gasteiger charge is 2.26. The van der Waals surface area contributed by atoms with Crippen molar-refractivity contribution in [3.8, 4) is 11.9 Å². The summed E-state index contributed by atoms with van der Waals surface area (Å²) in [7, 11) is 1.55. The molecule has 24 heavy (non-hydrogen) atoms. The van der Waals surface area contributed by atoms with Crippen molar-refractivity contribution in [2.45, 2.75) is 31.8 Å². The third-order valence-electron chi connectivity index (χ3n) is 4.18.